The molecule has 142 valence electrons. The molecule has 6 nitrogen and oxygen atoms in total. The topological polar surface area (TPSA) is 73.9 Å². The first-order valence-electron chi connectivity index (χ1n) is 8.70. The molecule has 1 N–H and O–H groups in total. The first-order valence-corrected chi connectivity index (χ1v) is 8.70. The number of methoxy groups -OCH3 is 2. The second kappa shape index (κ2) is 11.4. The Hall–Kier alpha value is -1.14. The van der Waals surface area contributed by atoms with Gasteiger partial charge in [0.15, 0.2) is 5.79 Å². The van der Waals surface area contributed by atoms with E-state index in [0.29, 0.717) is 31.4 Å². The van der Waals surface area contributed by atoms with Gasteiger partial charge in [0.05, 0.1) is 13.0 Å². The van der Waals surface area contributed by atoms with Gasteiger partial charge in [-0.25, -0.2) is 0 Å². The fourth-order valence-electron chi connectivity index (χ4n) is 2.37. The summed E-state index contributed by atoms with van der Waals surface area (Å²) in [5.41, 5.74) is 0.306. The van der Waals surface area contributed by atoms with Gasteiger partial charge in [-0.2, -0.15) is 0 Å². The van der Waals surface area contributed by atoms with Crippen molar-refractivity contribution in [3.63, 3.8) is 0 Å². The number of ether oxygens (including phenoxy) is 3. The van der Waals surface area contributed by atoms with Gasteiger partial charge in [-0.3, -0.25) is 9.59 Å². The molecule has 0 aliphatic carbocycles. The van der Waals surface area contributed by atoms with Crippen LogP contribution < -0.4 is 5.32 Å². The smallest absolute Gasteiger partial charge is 0.311 e. The zero-order valence-corrected chi connectivity index (χ0v) is 16.2. The largest absolute Gasteiger partial charge is 0.466 e. The highest BCUT2D eigenvalue weighted by Crippen LogP contribution is 2.22. The first kappa shape index (κ1) is 22.9. The molecule has 0 aromatic carbocycles. The third-order valence-electron chi connectivity index (χ3n) is 3.87. The monoisotopic (exact) mass is 345 g/mol. The number of carbonyl (C=O) groups is 2. The molecule has 0 rings (SSSR count). The van der Waals surface area contributed by atoms with Gasteiger partial charge in [0, 0.05) is 33.6 Å². The maximum Gasteiger partial charge on any atom is 0.311 e. The molecule has 0 aliphatic rings. The predicted molar refractivity (Wildman–Crippen MR) is 93.5 cm³/mol. The molecule has 0 radical (unpaired) electrons. The third-order valence-corrected chi connectivity index (χ3v) is 3.87. The molecule has 6 heteroatoms. The SMILES string of the molecule is CCOC(=O)CC(CCNC(=O)CCCCC(C)(C)C)(OC)OC. The number of esters is 1. The van der Waals surface area contributed by atoms with Crippen molar-refractivity contribution in [2.75, 3.05) is 27.4 Å². The summed E-state index contributed by atoms with van der Waals surface area (Å²) >= 11 is 0. The number of amides is 1. The standard InChI is InChI=1S/C18H35NO5/c1-7-24-16(21)14-18(22-5,23-6)12-13-19-15(20)10-8-9-11-17(2,3)4/h7-14H2,1-6H3,(H,19,20). The van der Waals surface area contributed by atoms with Crippen molar-refractivity contribution in [1.29, 1.82) is 0 Å². The molecule has 0 fully saturated rings. The van der Waals surface area contributed by atoms with Gasteiger partial charge in [-0.15, -0.1) is 0 Å². The van der Waals surface area contributed by atoms with Crippen molar-refractivity contribution in [2.24, 2.45) is 5.41 Å². The van der Waals surface area contributed by atoms with E-state index in [-0.39, 0.29) is 18.3 Å². The zero-order valence-electron chi connectivity index (χ0n) is 16.2. The van der Waals surface area contributed by atoms with Gasteiger partial charge in [0.2, 0.25) is 5.91 Å². The Morgan fingerprint density at radius 3 is 2.12 bits per heavy atom. The van der Waals surface area contributed by atoms with E-state index in [4.69, 9.17) is 14.2 Å². The minimum absolute atomic E-state index is 0.00467. The lowest BCUT2D eigenvalue weighted by Gasteiger charge is -2.30. The van der Waals surface area contributed by atoms with E-state index in [1.165, 1.54) is 14.2 Å². The van der Waals surface area contributed by atoms with E-state index < -0.39 is 5.79 Å². The molecular weight excluding hydrogens is 310 g/mol. The van der Waals surface area contributed by atoms with Crippen LogP contribution in [0.4, 0.5) is 0 Å². The van der Waals surface area contributed by atoms with Crippen molar-refractivity contribution in [3.8, 4) is 0 Å². The van der Waals surface area contributed by atoms with E-state index in [9.17, 15) is 9.59 Å². The Balaban J connectivity index is 4.14. The Kier molecular flexibility index (Phi) is 10.9. The highest BCUT2D eigenvalue weighted by atomic mass is 16.7. The molecule has 0 aromatic heterocycles. The zero-order chi connectivity index (χ0) is 18.6. The average molecular weight is 345 g/mol. The predicted octanol–water partition coefficient (Wildman–Crippen LogP) is 3.04. The van der Waals surface area contributed by atoms with Gasteiger partial charge < -0.3 is 19.5 Å². The average Bonchev–Trinajstić information content (AvgIpc) is 2.50. The normalized spacial score (nSPS) is 12.1. The fraction of sp³-hybridized carbons (Fsp3) is 0.889. The molecule has 0 unspecified atom stereocenters. The quantitative estimate of drug-likeness (QED) is 0.334. The van der Waals surface area contributed by atoms with Crippen molar-refractivity contribution in [3.05, 3.63) is 0 Å². The van der Waals surface area contributed by atoms with Crippen LogP contribution in [0.25, 0.3) is 0 Å². The molecule has 24 heavy (non-hydrogen) atoms. The number of nitrogens with one attached hydrogen (secondary N) is 1. The second-order valence-electron chi connectivity index (χ2n) is 7.17. The van der Waals surface area contributed by atoms with Crippen LogP contribution in [0.5, 0.6) is 0 Å². The Morgan fingerprint density at radius 2 is 1.62 bits per heavy atom. The van der Waals surface area contributed by atoms with E-state index in [2.05, 4.69) is 26.1 Å². The Morgan fingerprint density at radius 1 is 1.00 bits per heavy atom. The highest BCUT2D eigenvalue weighted by molar-refractivity contribution is 5.75. The molecule has 0 aromatic rings. The third kappa shape index (κ3) is 10.6. The van der Waals surface area contributed by atoms with Crippen LogP contribution >= 0.6 is 0 Å². The van der Waals surface area contributed by atoms with Crippen molar-refractivity contribution < 1.29 is 23.8 Å². The molecule has 0 saturated heterocycles. The minimum atomic E-state index is -1.06. The first-order chi connectivity index (χ1) is 11.2. The highest BCUT2D eigenvalue weighted by Gasteiger charge is 2.33. The van der Waals surface area contributed by atoms with Crippen molar-refractivity contribution in [1.82, 2.24) is 5.32 Å². The Labute approximate surface area is 146 Å². The number of unbranched alkanes of at least 4 members (excludes halogenated alkanes) is 1. The number of hydrogen-bond acceptors (Lipinski definition) is 5. The minimum Gasteiger partial charge on any atom is -0.466 e. The van der Waals surface area contributed by atoms with Crippen LogP contribution in [0, 0.1) is 5.41 Å². The number of carbonyl (C=O) groups excluding carboxylic acids is 2. The van der Waals surface area contributed by atoms with Crippen LogP contribution in [0.1, 0.15) is 66.2 Å². The summed E-state index contributed by atoms with van der Waals surface area (Å²) in [6.07, 6.45) is 3.92. The number of hydrogen-bond donors (Lipinski definition) is 1. The van der Waals surface area contributed by atoms with E-state index >= 15 is 0 Å². The van der Waals surface area contributed by atoms with Gasteiger partial charge in [-0.1, -0.05) is 27.2 Å². The summed E-state index contributed by atoms with van der Waals surface area (Å²) < 4.78 is 15.6. The molecule has 0 atom stereocenters. The summed E-state index contributed by atoms with van der Waals surface area (Å²) in [5.74, 6) is -1.43. The molecule has 0 saturated carbocycles. The van der Waals surface area contributed by atoms with Crippen LogP contribution in [0.15, 0.2) is 0 Å². The molecule has 0 spiro atoms. The summed E-state index contributed by atoms with van der Waals surface area (Å²) in [7, 11) is 2.97. The molecule has 0 aliphatic heterocycles. The van der Waals surface area contributed by atoms with Gasteiger partial charge in [-0.05, 0) is 25.2 Å². The van der Waals surface area contributed by atoms with Crippen LogP contribution in [0.2, 0.25) is 0 Å². The lowest BCUT2D eigenvalue weighted by atomic mass is 9.89. The maximum absolute atomic E-state index is 11.9. The summed E-state index contributed by atoms with van der Waals surface area (Å²) in [6, 6.07) is 0. The summed E-state index contributed by atoms with van der Waals surface area (Å²) in [4.78, 5) is 23.5. The molecular formula is C18H35NO5. The second-order valence-corrected chi connectivity index (χ2v) is 7.17. The number of rotatable bonds is 12. The van der Waals surface area contributed by atoms with E-state index in [0.717, 1.165) is 19.3 Å². The van der Waals surface area contributed by atoms with Crippen molar-refractivity contribution in [2.45, 2.75) is 72.0 Å². The Bertz CT molecular complexity index is 372. The van der Waals surface area contributed by atoms with Crippen LogP contribution in [-0.4, -0.2) is 45.0 Å². The lowest BCUT2D eigenvalue weighted by Crippen LogP contribution is -2.40. The summed E-state index contributed by atoms with van der Waals surface area (Å²) in [5, 5.41) is 2.86. The van der Waals surface area contributed by atoms with Gasteiger partial charge in [0.1, 0.15) is 0 Å². The van der Waals surface area contributed by atoms with E-state index in [1.54, 1.807) is 6.92 Å². The molecule has 0 heterocycles. The maximum atomic E-state index is 11.9. The van der Waals surface area contributed by atoms with Crippen LogP contribution in [-0.2, 0) is 23.8 Å². The van der Waals surface area contributed by atoms with E-state index in [1.807, 2.05) is 0 Å². The summed E-state index contributed by atoms with van der Waals surface area (Å²) in [6.45, 7) is 9.05. The van der Waals surface area contributed by atoms with Gasteiger partial charge in [0.25, 0.3) is 0 Å². The van der Waals surface area contributed by atoms with Gasteiger partial charge >= 0.3 is 5.97 Å². The molecule has 0 bridgehead atoms. The van der Waals surface area contributed by atoms with Crippen molar-refractivity contribution >= 4 is 11.9 Å². The van der Waals surface area contributed by atoms with Crippen LogP contribution in [0.3, 0.4) is 0 Å². The fourth-order valence-corrected chi connectivity index (χ4v) is 2.37. The molecule has 1 amide bonds. The lowest BCUT2D eigenvalue weighted by molar-refractivity contribution is -0.219.